The first-order valence-corrected chi connectivity index (χ1v) is 12.3. The van der Waals surface area contributed by atoms with Gasteiger partial charge in [-0.2, -0.15) is 0 Å². The molecule has 0 atom stereocenters. The van der Waals surface area contributed by atoms with Gasteiger partial charge in [0.2, 0.25) is 0 Å². The van der Waals surface area contributed by atoms with Crippen LogP contribution in [0, 0.1) is 0 Å². The molecule has 0 bridgehead atoms. The molecule has 0 spiro atoms. The maximum Gasteiger partial charge on any atom is 0.337 e. The van der Waals surface area contributed by atoms with Gasteiger partial charge in [0.1, 0.15) is 0 Å². The molecule has 0 aliphatic heterocycles. The summed E-state index contributed by atoms with van der Waals surface area (Å²) in [7, 11) is 1.44. The van der Waals surface area contributed by atoms with E-state index in [2.05, 4.69) is 100 Å². The van der Waals surface area contributed by atoms with Gasteiger partial charge in [-0.1, -0.05) is 66.7 Å². The number of methoxy groups -OCH3 is 1. The summed E-state index contributed by atoms with van der Waals surface area (Å²) >= 11 is 0. The molecule has 0 unspecified atom stereocenters. The number of carbonyl (C=O) groups excluding carboxylic acids is 1. The molecule has 4 heteroatoms. The number of aromatic nitrogens is 2. The molecule has 36 heavy (non-hydrogen) atoms. The van der Waals surface area contributed by atoms with Gasteiger partial charge in [-0.05, 0) is 49.2 Å². The molecule has 4 nitrogen and oxygen atoms in total. The van der Waals surface area contributed by atoms with E-state index in [0.29, 0.717) is 5.56 Å². The zero-order valence-electron chi connectivity index (χ0n) is 19.9. The van der Waals surface area contributed by atoms with Gasteiger partial charge in [-0.25, -0.2) is 4.79 Å². The Balaban J connectivity index is 1.58. The summed E-state index contributed by atoms with van der Waals surface area (Å²) in [5, 5.41) is 3.60. The van der Waals surface area contributed by atoms with Crippen molar-refractivity contribution in [1.29, 1.82) is 0 Å². The summed E-state index contributed by atoms with van der Waals surface area (Å²) in [4.78, 5) is 12.9. The number of esters is 1. The smallest absolute Gasteiger partial charge is 0.337 e. The molecule has 2 heterocycles. The third kappa shape index (κ3) is 2.97. The number of nitrogens with zero attached hydrogens (tertiary/aromatic N) is 2. The number of fused-ring (bicyclic) bond motifs is 6. The van der Waals surface area contributed by atoms with Crippen LogP contribution in [0.15, 0.2) is 97.1 Å². The van der Waals surface area contributed by atoms with E-state index < -0.39 is 0 Å². The van der Waals surface area contributed by atoms with E-state index in [4.69, 9.17) is 4.74 Å². The van der Waals surface area contributed by atoms with Crippen molar-refractivity contribution in [1.82, 2.24) is 9.13 Å². The number of para-hydroxylation sites is 3. The number of rotatable bonds is 3. The van der Waals surface area contributed by atoms with Crippen LogP contribution in [0.2, 0.25) is 0 Å². The van der Waals surface area contributed by atoms with Gasteiger partial charge in [0, 0.05) is 38.8 Å². The van der Waals surface area contributed by atoms with Crippen molar-refractivity contribution in [2.24, 2.45) is 0 Å². The predicted octanol–water partition coefficient (Wildman–Crippen LogP) is 7.47. The summed E-state index contributed by atoms with van der Waals surface area (Å²) < 4.78 is 9.75. The Morgan fingerprint density at radius 1 is 0.722 bits per heavy atom. The Labute approximate surface area is 208 Å². The number of ether oxygens (including phenoxy) is 1. The second-order valence-electron chi connectivity index (χ2n) is 9.25. The number of allylic oxidation sites excluding steroid dienone is 1. The molecule has 174 valence electrons. The highest BCUT2D eigenvalue weighted by atomic mass is 16.5. The normalized spacial score (nSPS) is 12.9. The van der Waals surface area contributed by atoms with Crippen LogP contribution in [0.1, 0.15) is 28.0 Å². The molecule has 2 aromatic heterocycles. The van der Waals surface area contributed by atoms with Crippen molar-refractivity contribution in [3.63, 3.8) is 0 Å². The van der Waals surface area contributed by atoms with Crippen LogP contribution in [-0.4, -0.2) is 22.2 Å². The fraction of sp³-hybridized carbons (Fsp3) is 0.0938. The Morgan fingerprint density at radius 2 is 1.28 bits per heavy atom. The third-order valence-corrected chi connectivity index (χ3v) is 7.27. The zero-order chi connectivity index (χ0) is 24.2. The number of hydrogen-bond acceptors (Lipinski definition) is 2. The molecule has 0 saturated carbocycles. The van der Waals surface area contributed by atoms with E-state index in [1.165, 1.54) is 34.5 Å². The third-order valence-electron chi connectivity index (χ3n) is 7.27. The van der Waals surface area contributed by atoms with E-state index in [1.54, 1.807) is 0 Å². The molecular formula is C32H24N2O2. The monoisotopic (exact) mass is 468 g/mol. The maximum absolute atomic E-state index is 12.9. The summed E-state index contributed by atoms with van der Waals surface area (Å²) in [6.07, 6.45) is 6.43. The van der Waals surface area contributed by atoms with Crippen molar-refractivity contribution in [3.8, 4) is 11.4 Å². The molecule has 6 aromatic rings. The quantitative estimate of drug-likeness (QED) is 0.253. The Bertz CT molecular complexity index is 1800. The molecule has 0 N–H and O–H groups in total. The zero-order valence-corrected chi connectivity index (χ0v) is 19.9. The van der Waals surface area contributed by atoms with Gasteiger partial charge in [-0.3, -0.25) is 0 Å². The maximum atomic E-state index is 12.9. The number of hydrogen-bond donors (Lipinski definition) is 0. The summed E-state index contributed by atoms with van der Waals surface area (Å²) in [6, 6.07) is 31.4. The summed E-state index contributed by atoms with van der Waals surface area (Å²) in [6.45, 7) is 0. The van der Waals surface area contributed by atoms with Crippen LogP contribution in [-0.2, 0) is 11.2 Å². The van der Waals surface area contributed by atoms with Crippen LogP contribution in [0.3, 0.4) is 0 Å². The molecule has 1 aliphatic rings. The minimum absolute atomic E-state index is 0.343. The van der Waals surface area contributed by atoms with Gasteiger partial charge in [0.05, 0.1) is 29.2 Å². The lowest BCUT2D eigenvalue weighted by Crippen LogP contribution is -2.08. The van der Waals surface area contributed by atoms with Crippen molar-refractivity contribution < 1.29 is 9.53 Å². The fourth-order valence-corrected chi connectivity index (χ4v) is 5.76. The number of benzene rings is 4. The topological polar surface area (TPSA) is 36.2 Å². The lowest BCUT2D eigenvalue weighted by Gasteiger charge is -2.17. The molecule has 4 aromatic carbocycles. The summed E-state index contributed by atoms with van der Waals surface area (Å²) in [5.74, 6) is -0.343. The van der Waals surface area contributed by atoms with Crippen molar-refractivity contribution in [2.45, 2.75) is 12.8 Å². The van der Waals surface area contributed by atoms with E-state index >= 15 is 0 Å². The first kappa shape index (κ1) is 20.8. The molecule has 7 rings (SSSR count). The molecular weight excluding hydrogens is 444 g/mol. The summed E-state index contributed by atoms with van der Waals surface area (Å²) in [5.41, 5.74) is 8.32. The molecule has 0 saturated heterocycles. The largest absolute Gasteiger partial charge is 0.465 e. The Hall–Kier alpha value is -4.57. The lowest BCUT2D eigenvalue weighted by molar-refractivity contribution is 0.0600. The molecule has 0 fully saturated rings. The lowest BCUT2D eigenvalue weighted by atomic mass is 10.0. The number of carbonyl (C=O) groups is 1. The van der Waals surface area contributed by atoms with Crippen LogP contribution in [0.4, 0.5) is 0 Å². The second kappa shape index (κ2) is 7.99. The standard InChI is InChI=1S/C32H24N2O2/c1-36-32(35)21-18-22(33-28-14-6-2-10-24(28)25-11-3-7-15-29(25)33)20-23(19-21)34-30-16-8-4-12-26(30)27-13-5-9-17-31(27)34/h2-8,10-16,18-20H,9,17H2,1H3. The van der Waals surface area contributed by atoms with Gasteiger partial charge in [0.25, 0.3) is 0 Å². The molecule has 0 radical (unpaired) electrons. The van der Waals surface area contributed by atoms with Crippen molar-refractivity contribution in [3.05, 3.63) is 114 Å². The van der Waals surface area contributed by atoms with Crippen LogP contribution >= 0.6 is 0 Å². The highest BCUT2D eigenvalue weighted by Gasteiger charge is 2.21. The minimum Gasteiger partial charge on any atom is -0.465 e. The fourth-order valence-electron chi connectivity index (χ4n) is 5.76. The Morgan fingerprint density at radius 3 is 1.92 bits per heavy atom. The van der Waals surface area contributed by atoms with Gasteiger partial charge >= 0.3 is 5.97 Å². The molecule has 1 aliphatic carbocycles. The molecule has 0 amide bonds. The Kier molecular flexibility index (Phi) is 4.61. The van der Waals surface area contributed by atoms with Gasteiger partial charge in [0.15, 0.2) is 0 Å². The first-order valence-electron chi connectivity index (χ1n) is 12.3. The first-order chi connectivity index (χ1) is 17.7. The highest BCUT2D eigenvalue weighted by molar-refractivity contribution is 6.09. The van der Waals surface area contributed by atoms with Crippen molar-refractivity contribution >= 4 is 44.8 Å². The highest BCUT2D eigenvalue weighted by Crippen LogP contribution is 2.36. The average molecular weight is 469 g/mol. The van der Waals surface area contributed by atoms with Crippen molar-refractivity contribution in [2.75, 3.05) is 7.11 Å². The predicted molar refractivity (Wildman–Crippen MR) is 146 cm³/mol. The van der Waals surface area contributed by atoms with Gasteiger partial charge in [-0.15, -0.1) is 0 Å². The van der Waals surface area contributed by atoms with Crippen LogP contribution in [0.25, 0.3) is 50.2 Å². The van der Waals surface area contributed by atoms with Crippen LogP contribution < -0.4 is 0 Å². The van der Waals surface area contributed by atoms with Crippen LogP contribution in [0.5, 0.6) is 0 Å². The van der Waals surface area contributed by atoms with E-state index in [9.17, 15) is 4.79 Å². The van der Waals surface area contributed by atoms with E-state index in [-0.39, 0.29) is 5.97 Å². The minimum atomic E-state index is -0.343. The van der Waals surface area contributed by atoms with Gasteiger partial charge < -0.3 is 13.9 Å². The van der Waals surface area contributed by atoms with E-state index in [1.807, 2.05) is 12.1 Å². The van der Waals surface area contributed by atoms with E-state index in [0.717, 1.165) is 40.8 Å². The average Bonchev–Trinajstić information content (AvgIpc) is 3.45. The SMILES string of the molecule is COC(=O)c1cc(-n2c3c(c4ccccc42)C=CCC3)cc(-n2c3ccccc3c3ccccc32)c1. The second-order valence-corrected chi connectivity index (χ2v) is 9.25.